The predicted molar refractivity (Wildman–Crippen MR) is 95.7 cm³/mol. The number of nitrogens with zero attached hydrogens (tertiary/aromatic N) is 3. The molecule has 1 saturated carbocycles. The molecule has 25 heavy (non-hydrogen) atoms. The zero-order valence-electron chi connectivity index (χ0n) is 14.1. The van der Waals surface area contributed by atoms with Crippen LogP contribution in [-0.2, 0) is 5.54 Å². The summed E-state index contributed by atoms with van der Waals surface area (Å²) in [4.78, 5) is 25.0. The van der Waals surface area contributed by atoms with Gasteiger partial charge >= 0.3 is 5.97 Å². The summed E-state index contributed by atoms with van der Waals surface area (Å²) >= 11 is 0. The minimum Gasteiger partial charge on any atom is -0.478 e. The molecule has 0 bridgehead atoms. The Balaban J connectivity index is 2.00. The van der Waals surface area contributed by atoms with E-state index in [-0.39, 0.29) is 5.56 Å². The Kier molecular flexibility index (Phi) is 3.36. The Morgan fingerprint density at radius 3 is 2.68 bits per heavy atom. The lowest BCUT2D eigenvalue weighted by Crippen LogP contribution is -2.31. The summed E-state index contributed by atoms with van der Waals surface area (Å²) < 4.78 is 0. The second kappa shape index (κ2) is 5.35. The van der Waals surface area contributed by atoms with Crippen molar-refractivity contribution in [2.45, 2.75) is 38.3 Å². The highest BCUT2D eigenvalue weighted by Gasteiger charge is 2.25. The van der Waals surface area contributed by atoms with Gasteiger partial charge in [0.15, 0.2) is 5.82 Å². The van der Waals surface area contributed by atoms with E-state index in [0.717, 1.165) is 23.6 Å². The van der Waals surface area contributed by atoms with Crippen LogP contribution in [0.25, 0.3) is 21.8 Å². The molecule has 0 radical (unpaired) electrons. The Hall–Kier alpha value is -2.80. The highest BCUT2D eigenvalue weighted by Crippen LogP contribution is 2.32. The highest BCUT2D eigenvalue weighted by molar-refractivity contribution is 6.09. The molecule has 0 aliphatic heterocycles. The number of aromatic carboxylic acids is 1. The minimum atomic E-state index is -0.975. The zero-order chi connectivity index (χ0) is 17.8. The summed E-state index contributed by atoms with van der Waals surface area (Å²) in [5.41, 5.74) is 7.02. The number of carboxylic acid groups (broad SMARTS) is 1. The average Bonchev–Trinajstić information content (AvgIpc) is 3.37. The Labute approximate surface area is 144 Å². The first-order chi connectivity index (χ1) is 11.8. The lowest BCUT2D eigenvalue weighted by molar-refractivity contribution is 0.0697. The maximum absolute atomic E-state index is 11.3. The molecular formula is C18H19N5O2. The molecule has 1 aromatic carbocycles. The van der Waals surface area contributed by atoms with Crippen LogP contribution in [-0.4, -0.2) is 32.1 Å². The molecule has 2 heterocycles. The minimum absolute atomic E-state index is 0.206. The number of benzene rings is 1. The Bertz CT molecular complexity index is 1010. The van der Waals surface area contributed by atoms with Gasteiger partial charge in [0, 0.05) is 23.0 Å². The lowest BCUT2D eigenvalue weighted by Gasteiger charge is -2.18. The number of hydrogen-bond acceptors (Lipinski definition) is 6. The summed E-state index contributed by atoms with van der Waals surface area (Å²) in [6, 6.07) is 5.29. The highest BCUT2D eigenvalue weighted by atomic mass is 16.4. The van der Waals surface area contributed by atoms with Crippen LogP contribution >= 0.6 is 0 Å². The second-order valence-corrected chi connectivity index (χ2v) is 7.09. The van der Waals surface area contributed by atoms with Crippen LogP contribution in [0.3, 0.4) is 0 Å². The smallest absolute Gasteiger partial charge is 0.335 e. The maximum atomic E-state index is 11.3. The molecule has 0 amide bonds. The second-order valence-electron chi connectivity index (χ2n) is 7.09. The van der Waals surface area contributed by atoms with E-state index in [0.29, 0.717) is 28.7 Å². The van der Waals surface area contributed by atoms with Gasteiger partial charge in [-0.25, -0.2) is 19.7 Å². The molecule has 7 nitrogen and oxygen atoms in total. The molecule has 2 aromatic heterocycles. The van der Waals surface area contributed by atoms with Crippen molar-refractivity contribution in [2.24, 2.45) is 5.73 Å². The molecule has 7 heteroatoms. The number of nitrogens with two attached hydrogens (primary N) is 1. The molecule has 0 atom stereocenters. The molecule has 0 saturated heterocycles. The number of aromatic nitrogens is 3. The fourth-order valence-corrected chi connectivity index (χ4v) is 2.75. The standard InChI is InChI=1S/C18H19N5O2/c1-18(2,19)17-20-8-12-11-6-3-9(16(24)25)7-13(11)22-15(14(12)23-17)21-10-4-5-10/h3,6-8,10H,4-5,19H2,1-2H3,(H,21,22)(H,24,25). The Morgan fingerprint density at radius 1 is 1.28 bits per heavy atom. The zero-order valence-corrected chi connectivity index (χ0v) is 14.1. The quantitative estimate of drug-likeness (QED) is 0.627. The van der Waals surface area contributed by atoms with Gasteiger partial charge in [0.25, 0.3) is 0 Å². The number of pyridine rings is 1. The van der Waals surface area contributed by atoms with E-state index in [2.05, 4.69) is 20.3 Å². The van der Waals surface area contributed by atoms with Gasteiger partial charge in [0.2, 0.25) is 0 Å². The van der Waals surface area contributed by atoms with Gasteiger partial charge in [-0.3, -0.25) is 0 Å². The average molecular weight is 337 g/mol. The van der Waals surface area contributed by atoms with Gasteiger partial charge in [0.1, 0.15) is 11.3 Å². The number of carboxylic acids is 1. The van der Waals surface area contributed by atoms with Gasteiger partial charge in [-0.05, 0) is 38.8 Å². The molecule has 3 aromatic rings. The van der Waals surface area contributed by atoms with Crippen molar-refractivity contribution in [2.75, 3.05) is 5.32 Å². The number of anilines is 1. The van der Waals surface area contributed by atoms with Crippen molar-refractivity contribution >= 4 is 33.6 Å². The van der Waals surface area contributed by atoms with E-state index in [4.69, 9.17) is 5.73 Å². The van der Waals surface area contributed by atoms with Crippen LogP contribution in [0.4, 0.5) is 5.82 Å². The topological polar surface area (TPSA) is 114 Å². The molecule has 1 fully saturated rings. The molecule has 0 spiro atoms. The van der Waals surface area contributed by atoms with E-state index in [1.165, 1.54) is 0 Å². The van der Waals surface area contributed by atoms with Crippen LogP contribution in [0, 0.1) is 0 Å². The van der Waals surface area contributed by atoms with Gasteiger partial charge in [-0.15, -0.1) is 0 Å². The number of fused-ring (bicyclic) bond motifs is 3. The first kappa shape index (κ1) is 15.7. The Morgan fingerprint density at radius 2 is 2.04 bits per heavy atom. The lowest BCUT2D eigenvalue weighted by atomic mass is 10.0. The normalized spacial score (nSPS) is 14.8. The fourth-order valence-electron chi connectivity index (χ4n) is 2.75. The summed E-state index contributed by atoms with van der Waals surface area (Å²) in [7, 11) is 0. The van der Waals surface area contributed by atoms with E-state index in [1.807, 2.05) is 13.8 Å². The number of nitrogens with one attached hydrogen (secondary N) is 1. The summed E-state index contributed by atoms with van der Waals surface area (Å²) in [6.45, 7) is 3.71. The predicted octanol–water partition coefficient (Wildman–Crippen LogP) is 2.64. The monoisotopic (exact) mass is 337 g/mol. The largest absolute Gasteiger partial charge is 0.478 e. The summed E-state index contributed by atoms with van der Waals surface area (Å²) in [5.74, 6) is 0.222. The van der Waals surface area contributed by atoms with Crippen LogP contribution in [0.1, 0.15) is 42.9 Å². The fraction of sp³-hybridized carbons (Fsp3) is 0.333. The third kappa shape index (κ3) is 2.87. The van der Waals surface area contributed by atoms with E-state index < -0.39 is 11.5 Å². The van der Waals surface area contributed by atoms with Gasteiger partial charge in [0.05, 0.1) is 16.6 Å². The molecular weight excluding hydrogens is 318 g/mol. The molecule has 0 unspecified atom stereocenters. The number of rotatable bonds is 4. The first-order valence-corrected chi connectivity index (χ1v) is 8.22. The van der Waals surface area contributed by atoms with Crippen LogP contribution in [0.5, 0.6) is 0 Å². The summed E-state index contributed by atoms with van der Waals surface area (Å²) in [6.07, 6.45) is 3.93. The third-order valence-corrected chi connectivity index (χ3v) is 4.27. The van der Waals surface area contributed by atoms with Gasteiger partial charge in [-0.2, -0.15) is 0 Å². The molecule has 1 aliphatic carbocycles. The molecule has 4 N–H and O–H groups in total. The van der Waals surface area contributed by atoms with Crippen molar-refractivity contribution < 1.29 is 9.90 Å². The van der Waals surface area contributed by atoms with Crippen LogP contribution < -0.4 is 11.1 Å². The van der Waals surface area contributed by atoms with Gasteiger partial charge in [-0.1, -0.05) is 6.07 Å². The van der Waals surface area contributed by atoms with Crippen molar-refractivity contribution in [3.8, 4) is 0 Å². The van der Waals surface area contributed by atoms with Gasteiger partial charge < -0.3 is 16.2 Å². The maximum Gasteiger partial charge on any atom is 0.335 e. The third-order valence-electron chi connectivity index (χ3n) is 4.27. The van der Waals surface area contributed by atoms with Crippen molar-refractivity contribution in [1.29, 1.82) is 0 Å². The molecule has 128 valence electrons. The van der Waals surface area contributed by atoms with Crippen LogP contribution in [0.15, 0.2) is 24.4 Å². The number of hydrogen-bond donors (Lipinski definition) is 3. The van der Waals surface area contributed by atoms with Crippen LogP contribution in [0.2, 0.25) is 0 Å². The molecule has 4 rings (SSSR count). The SMILES string of the molecule is CC(C)(N)c1ncc2c(n1)c(NC1CC1)nc1cc(C(=O)O)ccc12. The first-order valence-electron chi connectivity index (χ1n) is 8.22. The van der Waals surface area contributed by atoms with E-state index in [9.17, 15) is 9.90 Å². The van der Waals surface area contributed by atoms with Crippen molar-refractivity contribution in [3.05, 3.63) is 35.8 Å². The number of carbonyl (C=O) groups is 1. The van der Waals surface area contributed by atoms with E-state index >= 15 is 0 Å². The molecule has 1 aliphatic rings. The summed E-state index contributed by atoms with van der Waals surface area (Å²) in [5, 5.41) is 14.3. The van der Waals surface area contributed by atoms with Crippen molar-refractivity contribution in [1.82, 2.24) is 15.0 Å². The van der Waals surface area contributed by atoms with E-state index in [1.54, 1.807) is 24.4 Å². The van der Waals surface area contributed by atoms with Crippen molar-refractivity contribution in [3.63, 3.8) is 0 Å².